The Bertz CT molecular complexity index is 388. The fourth-order valence-corrected chi connectivity index (χ4v) is 1.04. The molecule has 0 aliphatic heterocycles. The van der Waals surface area contributed by atoms with Crippen LogP contribution in [0.15, 0.2) is 4.52 Å². The second kappa shape index (κ2) is 6.18. The first-order valence-electron chi connectivity index (χ1n) is 5.15. The van der Waals surface area contributed by atoms with Gasteiger partial charge in [0.15, 0.2) is 0 Å². The van der Waals surface area contributed by atoms with Crippen molar-refractivity contribution in [2.24, 2.45) is 7.05 Å². The summed E-state index contributed by atoms with van der Waals surface area (Å²) >= 11 is 0. The van der Waals surface area contributed by atoms with Gasteiger partial charge in [-0.05, 0) is 34.6 Å². The van der Waals surface area contributed by atoms with Crippen LogP contribution in [0.5, 0.6) is 0 Å². The van der Waals surface area contributed by atoms with E-state index >= 15 is 0 Å². The molecule has 0 aliphatic rings. The van der Waals surface area contributed by atoms with E-state index < -0.39 is 0 Å². The molecule has 2 heterocycles. The minimum absolute atomic E-state index is 0. The van der Waals surface area contributed by atoms with Gasteiger partial charge in [-0.3, -0.25) is 4.68 Å². The third-order valence-electron chi connectivity index (χ3n) is 2.73. The molecule has 0 atom stereocenters. The molecule has 0 unspecified atom stereocenters. The molecule has 5 heteroatoms. The van der Waals surface area contributed by atoms with Gasteiger partial charge in [-0.15, -0.1) is 5.10 Å². The van der Waals surface area contributed by atoms with Crippen LogP contribution >= 0.6 is 0 Å². The summed E-state index contributed by atoms with van der Waals surface area (Å²) in [6, 6.07) is 0. The highest BCUT2D eigenvalue weighted by atomic mass is 16.5. The van der Waals surface area contributed by atoms with Gasteiger partial charge in [0.05, 0.1) is 17.1 Å². The van der Waals surface area contributed by atoms with Crippen molar-refractivity contribution in [3.63, 3.8) is 0 Å². The van der Waals surface area contributed by atoms with E-state index in [2.05, 4.69) is 15.5 Å². The summed E-state index contributed by atoms with van der Waals surface area (Å²) in [7, 11) is 1.88. The molecule has 0 saturated heterocycles. The highest BCUT2D eigenvalue weighted by molar-refractivity contribution is 5.17. The summed E-state index contributed by atoms with van der Waals surface area (Å²) in [6.45, 7) is 9.79. The zero-order chi connectivity index (χ0) is 12.3. The summed E-state index contributed by atoms with van der Waals surface area (Å²) in [6.07, 6.45) is 0. The largest absolute Gasteiger partial charge is 0.361 e. The minimum Gasteiger partial charge on any atom is -0.361 e. The molecule has 0 N–H and O–H groups in total. The zero-order valence-electron chi connectivity index (χ0n) is 10.7. The van der Waals surface area contributed by atoms with Crippen molar-refractivity contribution >= 4 is 0 Å². The zero-order valence-corrected chi connectivity index (χ0v) is 10.7. The van der Waals surface area contributed by atoms with Crippen LogP contribution in [0, 0.1) is 34.6 Å². The molecule has 17 heavy (non-hydrogen) atoms. The van der Waals surface area contributed by atoms with Gasteiger partial charge in [-0.2, -0.15) is 0 Å². The molecule has 0 bridgehead atoms. The Labute approximate surface area is 103 Å². The minimum atomic E-state index is 0. The number of rotatable bonds is 0. The number of nitrogens with zero attached hydrogens (tertiary/aromatic N) is 4. The molecule has 0 aliphatic carbocycles. The highest BCUT2D eigenvalue weighted by Crippen LogP contribution is 2.08. The van der Waals surface area contributed by atoms with Crippen LogP contribution in [0.4, 0.5) is 0 Å². The maximum atomic E-state index is 4.84. The fraction of sp³-hybridized carbons (Fsp3) is 0.583. The maximum absolute atomic E-state index is 4.84. The molecular weight excluding hydrogens is 216 g/mol. The number of hydrogen-bond acceptors (Lipinski definition) is 4. The monoisotopic (exact) mass is 238 g/mol. The van der Waals surface area contributed by atoms with Crippen LogP contribution in [0.3, 0.4) is 0 Å². The molecule has 2 aromatic heterocycles. The van der Waals surface area contributed by atoms with Gasteiger partial charge in [0.1, 0.15) is 5.76 Å². The van der Waals surface area contributed by atoms with E-state index in [1.165, 1.54) is 0 Å². The maximum Gasteiger partial charge on any atom is 0.136 e. The Hall–Kier alpha value is -1.65. The van der Waals surface area contributed by atoms with Crippen molar-refractivity contribution in [1.29, 1.82) is 0 Å². The Kier molecular flexibility index (Phi) is 5.58. The highest BCUT2D eigenvalue weighted by Gasteiger charge is 1.99. The molecule has 0 radical (unpaired) electrons. The van der Waals surface area contributed by atoms with Crippen molar-refractivity contribution in [2.75, 3.05) is 0 Å². The molecule has 0 saturated carbocycles. The average molecular weight is 238 g/mol. The average Bonchev–Trinajstić information content (AvgIpc) is 2.70. The first kappa shape index (κ1) is 15.3. The molecule has 2 aromatic rings. The van der Waals surface area contributed by atoms with Gasteiger partial charge in [0.2, 0.25) is 0 Å². The van der Waals surface area contributed by atoms with Crippen molar-refractivity contribution < 1.29 is 4.52 Å². The second-order valence-electron chi connectivity index (χ2n) is 3.83. The van der Waals surface area contributed by atoms with E-state index in [1.807, 2.05) is 41.7 Å². The van der Waals surface area contributed by atoms with Crippen LogP contribution in [-0.4, -0.2) is 20.2 Å². The summed E-state index contributed by atoms with van der Waals surface area (Å²) in [4.78, 5) is 0. The lowest BCUT2D eigenvalue weighted by Crippen LogP contribution is -1.92. The number of aryl methyl sites for hydroxylation is 4. The van der Waals surface area contributed by atoms with E-state index in [0.29, 0.717) is 0 Å². The van der Waals surface area contributed by atoms with Crippen LogP contribution in [0.2, 0.25) is 0 Å². The third-order valence-corrected chi connectivity index (χ3v) is 2.73. The van der Waals surface area contributed by atoms with Crippen molar-refractivity contribution in [2.45, 2.75) is 42.0 Å². The first-order valence-corrected chi connectivity index (χ1v) is 5.15. The van der Waals surface area contributed by atoms with Crippen LogP contribution < -0.4 is 0 Å². The smallest absolute Gasteiger partial charge is 0.136 e. The second-order valence-corrected chi connectivity index (χ2v) is 3.83. The molecule has 0 spiro atoms. The number of aromatic nitrogens is 4. The summed E-state index contributed by atoms with van der Waals surface area (Å²) in [5, 5.41) is 11.4. The predicted molar refractivity (Wildman–Crippen MR) is 67.9 cm³/mol. The normalized spacial score (nSPS) is 9.29. The summed E-state index contributed by atoms with van der Waals surface area (Å²) < 4.78 is 6.60. The van der Waals surface area contributed by atoms with E-state index in [9.17, 15) is 0 Å². The van der Waals surface area contributed by atoms with E-state index in [4.69, 9.17) is 4.52 Å². The molecular formula is C12H22N4O. The Morgan fingerprint density at radius 1 is 1.00 bits per heavy atom. The standard InChI is InChI=1S/C6H9NO.C5H9N3.CH4/c1-4-5(2)7-8-6(4)3;1-4-5(2)8(3)7-6-4;/h2*1-3H3;1H4. The van der Waals surface area contributed by atoms with E-state index in [1.54, 1.807) is 4.68 Å². The van der Waals surface area contributed by atoms with Gasteiger partial charge < -0.3 is 4.52 Å². The number of hydrogen-bond donors (Lipinski definition) is 0. The van der Waals surface area contributed by atoms with E-state index in [-0.39, 0.29) is 7.43 Å². The third kappa shape index (κ3) is 3.69. The lowest BCUT2D eigenvalue weighted by Gasteiger charge is -1.87. The molecule has 96 valence electrons. The van der Waals surface area contributed by atoms with Gasteiger partial charge in [-0.25, -0.2) is 0 Å². The van der Waals surface area contributed by atoms with Crippen LogP contribution in [-0.2, 0) is 7.05 Å². The Balaban J connectivity index is 0.000000284. The van der Waals surface area contributed by atoms with Gasteiger partial charge in [0, 0.05) is 12.6 Å². The van der Waals surface area contributed by atoms with Crippen molar-refractivity contribution in [3.8, 4) is 0 Å². The fourth-order valence-electron chi connectivity index (χ4n) is 1.04. The van der Waals surface area contributed by atoms with Crippen molar-refractivity contribution in [1.82, 2.24) is 20.2 Å². The first-order chi connectivity index (χ1) is 7.43. The molecule has 0 aromatic carbocycles. The van der Waals surface area contributed by atoms with E-state index in [0.717, 1.165) is 28.4 Å². The molecule has 0 amide bonds. The van der Waals surface area contributed by atoms with Crippen LogP contribution in [0.25, 0.3) is 0 Å². The predicted octanol–water partition coefficient (Wildman–Crippen LogP) is 2.67. The lowest BCUT2D eigenvalue weighted by molar-refractivity contribution is 0.392. The molecule has 2 rings (SSSR count). The van der Waals surface area contributed by atoms with Crippen LogP contribution in [0.1, 0.15) is 35.8 Å². The van der Waals surface area contributed by atoms with Gasteiger partial charge in [0.25, 0.3) is 0 Å². The Morgan fingerprint density at radius 3 is 1.71 bits per heavy atom. The topological polar surface area (TPSA) is 56.7 Å². The molecule has 5 nitrogen and oxygen atoms in total. The SMILES string of the molecule is C.Cc1nnn(C)c1C.Cc1noc(C)c1C. The summed E-state index contributed by atoms with van der Waals surface area (Å²) in [5.41, 5.74) is 4.28. The molecule has 0 fully saturated rings. The lowest BCUT2D eigenvalue weighted by atomic mass is 10.2. The van der Waals surface area contributed by atoms with Gasteiger partial charge in [-0.1, -0.05) is 17.8 Å². The Morgan fingerprint density at radius 2 is 1.59 bits per heavy atom. The van der Waals surface area contributed by atoms with Gasteiger partial charge >= 0.3 is 0 Å². The quantitative estimate of drug-likeness (QED) is 0.708. The summed E-state index contributed by atoms with van der Waals surface area (Å²) in [5.74, 6) is 0.919. The van der Waals surface area contributed by atoms with Crippen molar-refractivity contribution in [3.05, 3.63) is 28.4 Å².